The zero-order valence-corrected chi connectivity index (χ0v) is 16.7. The topological polar surface area (TPSA) is 58.5 Å². The smallest absolute Gasteiger partial charge is 0.191 e. The molecule has 24 heavy (non-hydrogen) atoms. The minimum Gasteiger partial charge on any atom is -0.494 e. The lowest BCUT2D eigenvalue weighted by Crippen LogP contribution is -2.36. The first kappa shape index (κ1) is 20.2. The van der Waals surface area contributed by atoms with E-state index in [1.54, 1.807) is 13.2 Å². The predicted octanol–water partition coefficient (Wildman–Crippen LogP) is 3.27. The van der Waals surface area contributed by atoms with Crippen LogP contribution in [-0.4, -0.2) is 24.6 Å². The number of aryl methyl sites for hydroxylation is 1. The molecular formula is C18H25IN4O. The van der Waals surface area contributed by atoms with Gasteiger partial charge in [-0.05, 0) is 31.5 Å². The molecule has 2 rings (SSSR count). The Labute approximate surface area is 161 Å². The maximum Gasteiger partial charge on any atom is 0.191 e. The first-order valence-electron chi connectivity index (χ1n) is 7.80. The van der Waals surface area contributed by atoms with Gasteiger partial charge in [0.2, 0.25) is 0 Å². The second-order valence-electron chi connectivity index (χ2n) is 5.09. The summed E-state index contributed by atoms with van der Waals surface area (Å²) >= 11 is 0. The van der Waals surface area contributed by atoms with Gasteiger partial charge in [0.25, 0.3) is 0 Å². The average Bonchev–Trinajstić information content (AvgIpc) is 2.58. The third kappa shape index (κ3) is 5.99. The molecule has 0 fully saturated rings. The Bertz CT molecular complexity index is 661. The van der Waals surface area contributed by atoms with E-state index >= 15 is 0 Å². The van der Waals surface area contributed by atoms with Gasteiger partial charge in [-0.15, -0.1) is 24.0 Å². The number of nitrogens with zero attached hydrogens (tertiary/aromatic N) is 2. The summed E-state index contributed by atoms with van der Waals surface area (Å²) in [5.41, 5.74) is 3.29. The largest absolute Gasteiger partial charge is 0.494 e. The molecule has 0 aliphatic carbocycles. The number of guanidine groups is 1. The highest BCUT2D eigenvalue weighted by molar-refractivity contribution is 14.0. The van der Waals surface area contributed by atoms with E-state index in [0.29, 0.717) is 19.7 Å². The van der Waals surface area contributed by atoms with Crippen molar-refractivity contribution in [1.82, 2.24) is 15.6 Å². The third-order valence-corrected chi connectivity index (χ3v) is 3.48. The molecule has 0 atom stereocenters. The molecule has 0 unspecified atom stereocenters. The van der Waals surface area contributed by atoms with E-state index in [9.17, 15) is 0 Å². The standard InChI is InChI=1S/C18H24N4O.HI/c1-4-23-17-10-6-5-9-15(17)12-21-18(19-3)22-13-16-14(2)8-7-11-20-16;/h5-11H,4,12-13H2,1-3H3,(H2,19,21,22);1H. The average molecular weight is 440 g/mol. The van der Waals surface area contributed by atoms with Crippen LogP contribution >= 0.6 is 24.0 Å². The minimum absolute atomic E-state index is 0. The number of nitrogens with one attached hydrogen (secondary N) is 2. The molecule has 0 saturated carbocycles. The lowest BCUT2D eigenvalue weighted by molar-refractivity contribution is 0.336. The van der Waals surface area contributed by atoms with Crippen LogP contribution in [0.5, 0.6) is 5.75 Å². The van der Waals surface area contributed by atoms with Gasteiger partial charge in [0.15, 0.2) is 5.96 Å². The van der Waals surface area contributed by atoms with Gasteiger partial charge in [-0.2, -0.15) is 0 Å². The number of pyridine rings is 1. The number of aromatic nitrogens is 1. The molecule has 0 radical (unpaired) electrons. The number of halogens is 1. The molecule has 6 heteroatoms. The maximum absolute atomic E-state index is 5.64. The zero-order valence-electron chi connectivity index (χ0n) is 14.4. The fourth-order valence-electron chi connectivity index (χ4n) is 2.22. The van der Waals surface area contributed by atoms with Gasteiger partial charge >= 0.3 is 0 Å². The number of benzene rings is 1. The number of hydrogen-bond donors (Lipinski definition) is 2. The minimum atomic E-state index is 0. The van der Waals surface area contributed by atoms with E-state index in [2.05, 4.69) is 33.6 Å². The van der Waals surface area contributed by atoms with E-state index in [-0.39, 0.29) is 24.0 Å². The van der Waals surface area contributed by atoms with Crippen molar-refractivity contribution in [2.24, 2.45) is 4.99 Å². The maximum atomic E-state index is 5.64. The van der Waals surface area contributed by atoms with Gasteiger partial charge in [-0.1, -0.05) is 24.3 Å². The van der Waals surface area contributed by atoms with Crippen molar-refractivity contribution in [2.75, 3.05) is 13.7 Å². The molecular weight excluding hydrogens is 415 g/mol. The van der Waals surface area contributed by atoms with Crippen LogP contribution in [0.2, 0.25) is 0 Å². The summed E-state index contributed by atoms with van der Waals surface area (Å²) in [7, 11) is 1.76. The molecule has 5 nitrogen and oxygen atoms in total. The molecule has 1 aromatic carbocycles. The van der Waals surface area contributed by atoms with Crippen LogP contribution in [0, 0.1) is 6.92 Å². The molecule has 0 amide bonds. The highest BCUT2D eigenvalue weighted by atomic mass is 127. The summed E-state index contributed by atoms with van der Waals surface area (Å²) in [6.45, 7) is 5.98. The molecule has 130 valence electrons. The number of ether oxygens (including phenoxy) is 1. The Balaban J connectivity index is 0.00000288. The van der Waals surface area contributed by atoms with Crippen LogP contribution in [0.3, 0.4) is 0 Å². The Morgan fingerprint density at radius 1 is 1.12 bits per heavy atom. The molecule has 2 N–H and O–H groups in total. The SMILES string of the molecule is CCOc1ccccc1CNC(=NC)NCc1ncccc1C.I. The molecule has 2 aromatic rings. The van der Waals surface area contributed by atoms with Gasteiger partial charge in [-0.25, -0.2) is 0 Å². The summed E-state index contributed by atoms with van der Waals surface area (Å²) in [4.78, 5) is 8.63. The second-order valence-corrected chi connectivity index (χ2v) is 5.09. The fourth-order valence-corrected chi connectivity index (χ4v) is 2.22. The van der Waals surface area contributed by atoms with Crippen molar-refractivity contribution in [3.8, 4) is 5.75 Å². The summed E-state index contributed by atoms with van der Waals surface area (Å²) < 4.78 is 5.64. The second kappa shape index (κ2) is 10.9. The van der Waals surface area contributed by atoms with E-state index in [1.165, 1.54) is 0 Å². The van der Waals surface area contributed by atoms with Gasteiger partial charge in [0, 0.05) is 25.4 Å². The molecule has 0 spiro atoms. The van der Waals surface area contributed by atoms with Crippen LogP contribution in [0.1, 0.15) is 23.7 Å². The zero-order chi connectivity index (χ0) is 16.5. The summed E-state index contributed by atoms with van der Waals surface area (Å²) in [5.74, 6) is 1.64. The Hall–Kier alpha value is -1.83. The Morgan fingerprint density at radius 3 is 2.58 bits per heavy atom. The molecule has 0 aliphatic rings. The fraction of sp³-hybridized carbons (Fsp3) is 0.333. The van der Waals surface area contributed by atoms with Crippen LogP contribution < -0.4 is 15.4 Å². The van der Waals surface area contributed by atoms with E-state index in [0.717, 1.165) is 28.5 Å². The van der Waals surface area contributed by atoms with E-state index in [4.69, 9.17) is 4.74 Å². The quantitative estimate of drug-likeness (QED) is 0.411. The molecule has 1 heterocycles. The van der Waals surface area contributed by atoms with Crippen molar-refractivity contribution in [3.05, 3.63) is 59.4 Å². The molecule has 0 saturated heterocycles. The number of para-hydroxylation sites is 1. The normalized spacial score (nSPS) is 10.7. The van der Waals surface area contributed by atoms with E-state index < -0.39 is 0 Å². The highest BCUT2D eigenvalue weighted by Crippen LogP contribution is 2.17. The lowest BCUT2D eigenvalue weighted by Gasteiger charge is -2.14. The summed E-state index contributed by atoms with van der Waals surface area (Å²) in [6, 6.07) is 12.0. The number of hydrogen-bond acceptors (Lipinski definition) is 3. The van der Waals surface area contributed by atoms with Crippen LogP contribution in [0.15, 0.2) is 47.6 Å². The lowest BCUT2D eigenvalue weighted by atomic mass is 10.2. The summed E-state index contributed by atoms with van der Waals surface area (Å²) in [5, 5.41) is 6.59. The number of aliphatic imine (C=N–C) groups is 1. The first-order valence-corrected chi connectivity index (χ1v) is 7.80. The molecule has 1 aromatic heterocycles. The highest BCUT2D eigenvalue weighted by Gasteiger charge is 2.05. The molecule has 0 aliphatic heterocycles. The summed E-state index contributed by atoms with van der Waals surface area (Å²) in [6.07, 6.45) is 1.80. The first-order chi connectivity index (χ1) is 11.2. The molecule has 0 bridgehead atoms. The van der Waals surface area contributed by atoms with Crippen molar-refractivity contribution in [2.45, 2.75) is 26.9 Å². The number of rotatable bonds is 6. The van der Waals surface area contributed by atoms with Crippen molar-refractivity contribution < 1.29 is 4.74 Å². The van der Waals surface area contributed by atoms with Crippen molar-refractivity contribution in [3.63, 3.8) is 0 Å². The van der Waals surface area contributed by atoms with Gasteiger partial charge in [0.05, 0.1) is 18.8 Å². The van der Waals surface area contributed by atoms with Crippen LogP contribution in [0.4, 0.5) is 0 Å². The van der Waals surface area contributed by atoms with Gasteiger partial charge < -0.3 is 15.4 Å². The van der Waals surface area contributed by atoms with Gasteiger partial charge in [0.1, 0.15) is 5.75 Å². The van der Waals surface area contributed by atoms with Crippen LogP contribution in [-0.2, 0) is 13.1 Å². The van der Waals surface area contributed by atoms with Crippen LogP contribution in [0.25, 0.3) is 0 Å². The third-order valence-electron chi connectivity index (χ3n) is 3.48. The Morgan fingerprint density at radius 2 is 1.88 bits per heavy atom. The predicted molar refractivity (Wildman–Crippen MR) is 109 cm³/mol. The van der Waals surface area contributed by atoms with Gasteiger partial charge in [-0.3, -0.25) is 9.98 Å². The van der Waals surface area contributed by atoms with E-state index in [1.807, 2.05) is 37.3 Å². The Kier molecular flexibility index (Phi) is 9.14. The van der Waals surface area contributed by atoms with Crippen molar-refractivity contribution in [1.29, 1.82) is 0 Å². The van der Waals surface area contributed by atoms with Crippen molar-refractivity contribution >= 4 is 29.9 Å². The monoisotopic (exact) mass is 440 g/mol.